The molecule has 0 aliphatic heterocycles. The Hall–Kier alpha value is -2.28. The van der Waals surface area contributed by atoms with Gasteiger partial charge in [-0.15, -0.1) is 0 Å². The zero-order valence-corrected chi connectivity index (χ0v) is 15.0. The van der Waals surface area contributed by atoms with E-state index >= 15 is 0 Å². The molecule has 0 bridgehead atoms. The van der Waals surface area contributed by atoms with Crippen LogP contribution in [-0.4, -0.2) is 19.0 Å². The van der Waals surface area contributed by atoms with Gasteiger partial charge in [0.05, 0.1) is 0 Å². The highest BCUT2D eigenvalue weighted by molar-refractivity contribution is 5.79. The Kier molecular flexibility index (Phi) is 5.10. The molecule has 0 radical (unpaired) electrons. The summed E-state index contributed by atoms with van der Waals surface area (Å²) in [6, 6.07) is 6.64. The number of rotatable bonds is 3. The first-order valence-electron chi connectivity index (χ1n) is 8.04. The highest BCUT2D eigenvalue weighted by Gasteiger charge is 2.18. The molecule has 2 rings (SSSR count). The number of aryl methyl sites for hydroxylation is 2. The summed E-state index contributed by atoms with van der Waals surface area (Å²) in [5, 5.41) is 0. The molecule has 0 atom stereocenters. The van der Waals surface area contributed by atoms with Gasteiger partial charge in [0.2, 0.25) is 0 Å². The molecule has 0 fully saturated rings. The molecule has 0 heterocycles. The fourth-order valence-electron chi connectivity index (χ4n) is 2.82. The fraction of sp³-hybridized carbons (Fsp3) is 0.273. The first kappa shape index (κ1) is 17.1. The van der Waals surface area contributed by atoms with Gasteiger partial charge in [0.1, 0.15) is 0 Å². The topological polar surface area (TPSA) is 3.24 Å². The summed E-state index contributed by atoms with van der Waals surface area (Å²) in [4.78, 5) is 2.03. The number of hydrogen-bond acceptors (Lipinski definition) is 1. The maximum absolute atomic E-state index is 4.32. The van der Waals surface area contributed by atoms with Crippen molar-refractivity contribution < 1.29 is 0 Å². The van der Waals surface area contributed by atoms with Gasteiger partial charge < -0.3 is 4.90 Å². The lowest BCUT2D eigenvalue weighted by Gasteiger charge is -2.24. The molecular weight excluding hydrogens is 278 g/mol. The zero-order valence-electron chi connectivity index (χ0n) is 15.0. The molecule has 1 aromatic carbocycles. The van der Waals surface area contributed by atoms with Crippen molar-refractivity contribution in [1.82, 2.24) is 4.90 Å². The van der Waals surface area contributed by atoms with Crippen LogP contribution in [0, 0.1) is 13.8 Å². The predicted molar refractivity (Wildman–Crippen MR) is 102 cm³/mol. The molecule has 23 heavy (non-hydrogen) atoms. The fourth-order valence-corrected chi connectivity index (χ4v) is 2.82. The van der Waals surface area contributed by atoms with Crippen LogP contribution < -0.4 is 0 Å². The summed E-state index contributed by atoms with van der Waals surface area (Å²) in [5.74, 6) is 0. The minimum absolute atomic E-state index is 0.883. The summed E-state index contributed by atoms with van der Waals surface area (Å²) in [7, 11) is 4.02. The molecule has 1 aromatic rings. The Bertz CT molecular complexity index is 739. The Balaban J connectivity index is 2.49. The van der Waals surface area contributed by atoms with Crippen molar-refractivity contribution in [3.63, 3.8) is 0 Å². The summed E-state index contributed by atoms with van der Waals surface area (Å²) < 4.78 is 0. The standard InChI is InChI=1S/C22H27N/c1-8-19-14-20(21-11-15(2)9-10-16(21)3)12-17(4)22(19)13-18(5)23(6)7/h8-11,13-14H,4-5,12H2,1-3,6-7H3/b19-8-,22-13-. The molecule has 0 aromatic heterocycles. The lowest BCUT2D eigenvalue weighted by atomic mass is 9.82. The predicted octanol–water partition coefficient (Wildman–Crippen LogP) is 5.59. The zero-order chi connectivity index (χ0) is 17.1. The Labute approximate surface area is 141 Å². The summed E-state index contributed by atoms with van der Waals surface area (Å²) in [6.45, 7) is 14.8. The molecule has 1 heteroatoms. The van der Waals surface area contributed by atoms with Crippen molar-refractivity contribution in [1.29, 1.82) is 0 Å². The van der Waals surface area contributed by atoms with E-state index in [1.165, 1.54) is 33.4 Å². The number of likely N-dealkylation sites (N-methyl/N-ethyl adjacent to an activating group) is 1. The minimum atomic E-state index is 0.883. The molecule has 0 spiro atoms. The van der Waals surface area contributed by atoms with Crippen molar-refractivity contribution in [2.24, 2.45) is 0 Å². The average Bonchev–Trinajstić information content (AvgIpc) is 2.51. The van der Waals surface area contributed by atoms with Crippen LogP contribution in [0.25, 0.3) is 5.57 Å². The highest BCUT2D eigenvalue weighted by Crippen LogP contribution is 2.38. The van der Waals surface area contributed by atoms with E-state index in [2.05, 4.69) is 70.4 Å². The molecule has 0 saturated heterocycles. The van der Waals surface area contributed by atoms with E-state index in [9.17, 15) is 0 Å². The monoisotopic (exact) mass is 305 g/mol. The Morgan fingerprint density at radius 1 is 1.22 bits per heavy atom. The van der Waals surface area contributed by atoms with Gasteiger partial charge in [0, 0.05) is 19.8 Å². The summed E-state index contributed by atoms with van der Waals surface area (Å²) in [6.07, 6.45) is 7.47. The number of allylic oxidation sites excluding steroid dienone is 7. The van der Waals surface area contributed by atoms with E-state index in [-0.39, 0.29) is 0 Å². The van der Waals surface area contributed by atoms with Gasteiger partial charge in [-0.2, -0.15) is 0 Å². The van der Waals surface area contributed by atoms with Crippen molar-refractivity contribution in [3.8, 4) is 0 Å². The number of nitrogens with zero attached hydrogens (tertiary/aromatic N) is 1. The molecule has 0 saturated carbocycles. The van der Waals surface area contributed by atoms with Gasteiger partial charge in [-0.25, -0.2) is 0 Å². The van der Waals surface area contributed by atoms with E-state index < -0.39 is 0 Å². The Morgan fingerprint density at radius 2 is 1.91 bits per heavy atom. The van der Waals surface area contributed by atoms with Crippen LogP contribution in [0.15, 0.2) is 72.0 Å². The lowest BCUT2D eigenvalue weighted by molar-refractivity contribution is 0.532. The van der Waals surface area contributed by atoms with Crippen molar-refractivity contribution in [2.45, 2.75) is 27.2 Å². The van der Waals surface area contributed by atoms with Gasteiger partial charge in [0.15, 0.2) is 0 Å². The molecule has 1 nitrogen and oxygen atoms in total. The van der Waals surface area contributed by atoms with Crippen LogP contribution in [-0.2, 0) is 0 Å². The number of benzene rings is 1. The maximum Gasteiger partial charge on any atom is 0.0294 e. The summed E-state index contributed by atoms with van der Waals surface area (Å²) in [5.41, 5.74) is 9.84. The third kappa shape index (κ3) is 3.73. The normalized spacial score (nSPS) is 18.3. The first-order valence-corrected chi connectivity index (χ1v) is 8.04. The van der Waals surface area contributed by atoms with Crippen LogP contribution in [0.1, 0.15) is 30.0 Å². The SMILES string of the molecule is C=C1CC(c2cc(C)ccc2C)=CC(=C/C)/C1=C\C(=C)N(C)C. The molecule has 120 valence electrons. The van der Waals surface area contributed by atoms with E-state index in [1.807, 2.05) is 19.0 Å². The van der Waals surface area contributed by atoms with Gasteiger partial charge in [0.25, 0.3) is 0 Å². The maximum atomic E-state index is 4.32. The van der Waals surface area contributed by atoms with Gasteiger partial charge in [-0.05, 0) is 66.7 Å². The number of hydrogen-bond donors (Lipinski definition) is 0. The van der Waals surface area contributed by atoms with Crippen LogP contribution in [0.4, 0.5) is 0 Å². The second-order valence-corrected chi connectivity index (χ2v) is 6.46. The average molecular weight is 305 g/mol. The molecular formula is C22H27N. The van der Waals surface area contributed by atoms with E-state index in [4.69, 9.17) is 0 Å². The second kappa shape index (κ2) is 6.87. The molecule has 1 aliphatic carbocycles. The van der Waals surface area contributed by atoms with Crippen molar-refractivity contribution >= 4 is 5.57 Å². The molecule has 0 N–H and O–H groups in total. The quantitative estimate of drug-likeness (QED) is 0.703. The third-order valence-corrected chi connectivity index (χ3v) is 4.36. The molecule has 0 unspecified atom stereocenters. The smallest absolute Gasteiger partial charge is 0.0294 e. The van der Waals surface area contributed by atoms with Crippen molar-refractivity contribution in [3.05, 3.63) is 88.7 Å². The lowest BCUT2D eigenvalue weighted by Crippen LogP contribution is -2.10. The summed E-state index contributed by atoms with van der Waals surface area (Å²) >= 11 is 0. The second-order valence-electron chi connectivity index (χ2n) is 6.46. The largest absolute Gasteiger partial charge is 0.378 e. The highest BCUT2D eigenvalue weighted by atomic mass is 15.1. The van der Waals surface area contributed by atoms with Crippen LogP contribution in [0.3, 0.4) is 0 Å². The van der Waals surface area contributed by atoms with Crippen molar-refractivity contribution in [2.75, 3.05) is 14.1 Å². The molecule has 1 aliphatic rings. The van der Waals surface area contributed by atoms with E-state index in [0.29, 0.717) is 0 Å². The van der Waals surface area contributed by atoms with Crippen LogP contribution in [0.2, 0.25) is 0 Å². The molecule has 0 amide bonds. The van der Waals surface area contributed by atoms with Crippen LogP contribution in [0.5, 0.6) is 0 Å². The first-order chi connectivity index (χ1) is 10.8. The third-order valence-electron chi connectivity index (χ3n) is 4.36. The van der Waals surface area contributed by atoms with Gasteiger partial charge >= 0.3 is 0 Å². The van der Waals surface area contributed by atoms with Crippen LogP contribution >= 0.6 is 0 Å². The van der Waals surface area contributed by atoms with E-state index in [0.717, 1.165) is 17.7 Å². The van der Waals surface area contributed by atoms with Gasteiger partial charge in [-0.1, -0.05) is 49.1 Å². The minimum Gasteiger partial charge on any atom is -0.378 e. The van der Waals surface area contributed by atoms with Gasteiger partial charge in [-0.3, -0.25) is 0 Å². The van der Waals surface area contributed by atoms with E-state index in [1.54, 1.807) is 0 Å². The Morgan fingerprint density at radius 3 is 2.52 bits per heavy atom.